The molecule has 0 aromatic heterocycles. The van der Waals surface area contributed by atoms with E-state index in [9.17, 15) is 4.79 Å². The van der Waals surface area contributed by atoms with E-state index in [1.54, 1.807) is 0 Å². The Labute approximate surface area is 128 Å². The summed E-state index contributed by atoms with van der Waals surface area (Å²) in [4.78, 5) is 10.4. The van der Waals surface area contributed by atoms with E-state index in [1.165, 1.54) is 19.1 Å². The van der Waals surface area contributed by atoms with Crippen LogP contribution >= 0.6 is 0 Å². The SMILES string of the molecule is CCCCOCc1ccccc1.COC(=O)CCCCN. The van der Waals surface area contributed by atoms with Crippen LogP contribution in [0.15, 0.2) is 30.3 Å². The predicted molar refractivity (Wildman–Crippen MR) is 85.9 cm³/mol. The van der Waals surface area contributed by atoms with Crippen LogP contribution in [-0.4, -0.2) is 26.2 Å². The van der Waals surface area contributed by atoms with Crippen molar-refractivity contribution in [3.05, 3.63) is 35.9 Å². The zero-order chi connectivity index (χ0) is 15.8. The average Bonchev–Trinajstić information content (AvgIpc) is 2.53. The molecule has 0 radical (unpaired) electrons. The second kappa shape index (κ2) is 15.0. The van der Waals surface area contributed by atoms with E-state index in [0.29, 0.717) is 13.0 Å². The van der Waals surface area contributed by atoms with E-state index in [-0.39, 0.29) is 5.97 Å². The normalized spacial score (nSPS) is 9.67. The number of hydrogen-bond donors (Lipinski definition) is 1. The van der Waals surface area contributed by atoms with Gasteiger partial charge in [0.05, 0.1) is 13.7 Å². The molecule has 0 fully saturated rings. The molecule has 21 heavy (non-hydrogen) atoms. The molecule has 0 amide bonds. The molecule has 0 atom stereocenters. The lowest BCUT2D eigenvalue weighted by atomic mass is 10.2. The quantitative estimate of drug-likeness (QED) is 0.561. The van der Waals surface area contributed by atoms with Crippen LogP contribution in [0.2, 0.25) is 0 Å². The molecule has 0 aliphatic carbocycles. The second-order valence-electron chi connectivity index (χ2n) is 4.71. The molecular formula is C17H29NO3. The van der Waals surface area contributed by atoms with Gasteiger partial charge in [-0.3, -0.25) is 4.79 Å². The van der Waals surface area contributed by atoms with Crippen molar-refractivity contribution < 1.29 is 14.3 Å². The molecule has 0 aliphatic heterocycles. The second-order valence-corrected chi connectivity index (χ2v) is 4.71. The van der Waals surface area contributed by atoms with Gasteiger partial charge in [-0.25, -0.2) is 0 Å². The van der Waals surface area contributed by atoms with Gasteiger partial charge in [0.15, 0.2) is 0 Å². The summed E-state index contributed by atoms with van der Waals surface area (Å²) < 4.78 is 9.88. The highest BCUT2D eigenvalue weighted by molar-refractivity contribution is 5.68. The smallest absolute Gasteiger partial charge is 0.305 e. The van der Waals surface area contributed by atoms with E-state index in [2.05, 4.69) is 23.8 Å². The monoisotopic (exact) mass is 295 g/mol. The predicted octanol–water partition coefficient (Wildman–Crippen LogP) is 3.29. The van der Waals surface area contributed by atoms with Crippen molar-refractivity contribution in [2.75, 3.05) is 20.3 Å². The fourth-order valence-corrected chi connectivity index (χ4v) is 1.53. The third kappa shape index (κ3) is 13.4. The van der Waals surface area contributed by atoms with Crippen molar-refractivity contribution in [3.8, 4) is 0 Å². The van der Waals surface area contributed by atoms with Crippen LogP contribution in [0.25, 0.3) is 0 Å². The third-order valence-corrected chi connectivity index (χ3v) is 2.82. The Morgan fingerprint density at radius 1 is 1.14 bits per heavy atom. The van der Waals surface area contributed by atoms with Crippen LogP contribution in [0.3, 0.4) is 0 Å². The summed E-state index contributed by atoms with van der Waals surface area (Å²) in [6.07, 6.45) is 4.59. The number of hydrogen-bond acceptors (Lipinski definition) is 4. The minimum atomic E-state index is -0.150. The molecule has 1 aromatic rings. The van der Waals surface area contributed by atoms with E-state index in [0.717, 1.165) is 32.5 Å². The summed E-state index contributed by atoms with van der Waals surface area (Å²) in [5, 5.41) is 0. The summed E-state index contributed by atoms with van der Waals surface area (Å²) in [5.41, 5.74) is 6.46. The van der Waals surface area contributed by atoms with Gasteiger partial charge in [0, 0.05) is 13.0 Å². The maximum Gasteiger partial charge on any atom is 0.305 e. The number of carbonyl (C=O) groups is 1. The lowest BCUT2D eigenvalue weighted by molar-refractivity contribution is -0.140. The minimum Gasteiger partial charge on any atom is -0.469 e. The molecule has 0 spiro atoms. The van der Waals surface area contributed by atoms with Gasteiger partial charge in [0.2, 0.25) is 0 Å². The Kier molecular flexibility index (Phi) is 14.0. The molecule has 0 saturated heterocycles. The zero-order valence-electron chi connectivity index (χ0n) is 13.3. The molecule has 1 rings (SSSR count). The van der Waals surface area contributed by atoms with Crippen LogP contribution in [-0.2, 0) is 20.9 Å². The van der Waals surface area contributed by atoms with E-state index in [4.69, 9.17) is 10.5 Å². The van der Waals surface area contributed by atoms with Gasteiger partial charge in [-0.1, -0.05) is 43.7 Å². The molecule has 1 aromatic carbocycles. The first-order valence-corrected chi connectivity index (χ1v) is 7.63. The molecule has 4 nitrogen and oxygen atoms in total. The lowest BCUT2D eigenvalue weighted by Gasteiger charge is -2.02. The van der Waals surface area contributed by atoms with E-state index < -0.39 is 0 Å². The summed E-state index contributed by atoms with van der Waals surface area (Å²) >= 11 is 0. The number of benzene rings is 1. The van der Waals surface area contributed by atoms with Gasteiger partial charge < -0.3 is 15.2 Å². The standard InChI is InChI=1S/C11H16O.C6H13NO2/c1-2-3-9-12-10-11-7-5-4-6-8-11;1-9-6(8)4-2-3-5-7/h4-8H,2-3,9-10H2,1H3;2-5,7H2,1H3. The molecular weight excluding hydrogens is 266 g/mol. The van der Waals surface area contributed by atoms with Crippen LogP contribution in [0, 0.1) is 0 Å². The van der Waals surface area contributed by atoms with Gasteiger partial charge in [0.1, 0.15) is 0 Å². The van der Waals surface area contributed by atoms with Crippen LogP contribution in [0.1, 0.15) is 44.6 Å². The van der Waals surface area contributed by atoms with Crippen molar-refractivity contribution in [1.29, 1.82) is 0 Å². The summed E-state index contributed by atoms with van der Waals surface area (Å²) in [7, 11) is 1.39. The van der Waals surface area contributed by atoms with Crippen molar-refractivity contribution in [2.45, 2.75) is 45.6 Å². The van der Waals surface area contributed by atoms with Gasteiger partial charge in [0.25, 0.3) is 0 Å². The molecule has 2 N–H and O–H groups in total. The highest BCUT2D eigenvalue weighted by Gasteiger charge is 1.96. The van der Waals surface area contributed by atoms with Crippen LogP contribution in [0.5, 0.6) is 0 Å². The Morgan fingerprint density at radius 3 is 2.43 bits per heavy atom. The molecule has 0 aliphatic rings. The van der Waals surface area contributed by atoms with Crippen molar-refractivity contribution in [3.63, 3.8) is 0 Å². The molecule has 0 bridgehead atoms. The fourth-order valence-electron chi connectivity index (χ4n) is 1.53. The van der Waals surface area contributed by atoms with Crippen molar-refractivity contribution >= 4 is 5.97 Å². The van der Waals surface area contributed by atoms with Crippen molar-refractivity contribution in [1.82, 2.24) is 0 Å². The maximum atomic E-state index is 10.4. The van der Waals surface area contributed by atoms with Crippen LogP contribution in [0.4, 0.5) is 0 Å². The number of esters is 1. The summed E-state index contributed by atoms with van der Waals surface area (Å²) in [6.45, 7) is 4.45. The topological polar surface area (TPSA) is 61.5 Å². The number of methoxy groups -OCH3 is 1. The Morgan fingerprint density at radius 2 is 1.86 bits per heavy atom. The first kappa shape index (κ1) is 19.6. The zero-order valence-corrected chi connectivity index (χ0v) is 13.3. The van der Waals surface area contributed by atoms with Gasteiger partial charge in [-0.2, -0.15) is 0 Å². The van der Waals surface area contributed by atoms with Gasteiger partial charge >= 0.3 is 5.97 Å². The Balaban J connectivity index is 0.000000400. The van der Waals surface area contributed by atoms with Crippen molar-refractivity contribution in [2.24, 2.45) is 5.73 Å². The molecule has 0 heterocycles. The third-order valence-electron chi connectivity index (χ3n) is 2.82. The highest BCUT2D eigenvalue weighted by Crippen LogP contribution is 2.01. The Bertz CT molecular complexity index is 341. The average molecular weight is 295 g/mol. The first-order chi connectivity index (χ1) is 10.2. The number of carbonyl (C=O) groups excluding carboxylic acids is 1. The summed E-state index contributed by atoms with van der Waals surface area (Å²) in [5.74, 6) is -0.150. The molecule has 0 unspecified atom stereocenters. The minimum absolute atomic E-state index is 0.150. The van der Waals surface area contributed by atoms with Gasteiger partial charge in [-0.15, -0.1) is 0 Å². The maximum absolute atomic E-state index is 10.4. The largest absolute Gasteiger partial charge is 0.469 e. The molecule has 120 valence electrons. The van der Waals surface area contributed by atoms with Gasteiger partial charge in [-0.05, 0) is 31.4 Å². The summed E-state index contributed by atoms with van der Waals surface area (Å²) in [6, 6.07) is 10.3. The molecule has 0 saturated carbocycles. The van der Waals surface area contributed by atoms with E-state index in [1.807, 2.05) is 18.2 Å². The number of nitrogens with two attached hydrogens (primary N) is 1. The molecule has 4 heteroatoms. The highest BCUT2D eigenvalue weighted by atomic mass is 16.5. The fraction of sp³-hybridized carbons (Fsp3) is 0.588. The van der Waals surface area contributed by atoms with E-state index >= 15 is 0 Å². The number of rotatable bonds is 9. The Hall–Kier alpha value is -1.39. The number of unbranched alkanes of at least 4 members (excludes halogenated alkanes) is 2. The lowest BCUT2D eigenvalue weighted by Crippen LogP contribution is -2.03. The first-order valence-electron chi connectivity index (χ1n) is 7.63. The number of ether oxygens (including phenoxy) is 2. The van der Waals surface area contributed by atoms with Crippen LogP contribution < -0.4 is 5.73 Å².